The number of aryl methyl sites for hydroxylation is 2. The summed E-state index contributed by atoms with van der Waals surface area (Å²) in [6.45, 7) is 7.27. The predicted molar refractivity (Wildman–Crippen MR) is 91.5 cm³/mol. The van der Waals surface area contributed by atoms with Gasteiger partial charge < -0.3 is 15.2 Å². The first-order chi connectivity index (χ1) is 11.3. The minimum absolute atomic E-state index is 0.542. The van der Waals surface area contributed by atoms with E-state index in [0.29, 0.717) is 13.1 Å². The van der Waals surface area contributed by atoms with Gasteiger partial charge >= 0.3 is 0 Å². The lowest BCUT2D eigenvalue weighted by Crippen LogP contribution is -2.36. The monoisotopic (exact) mass is 333 g/mol. The molecule has 124 valence electrons. The molecule has 2 aromatic heterocycles. The molecule has 2 N–H and O–H groups in total. The molecule has 0 spiro atoms. The Balaban J connectivity index is 1.60. The van der Waals surface area contributed by atoms with Gasteiger partial charge in [-0.2, -0.15) is 0 Å². The fourth-order valence-corrected chi connectivity index (χ4v) is 3.37. The molecule has 8 heteroatoms. The van der Waals surface area contributed by atoms with Crippen LogP contribution in [-0.2, 0) is 32.5 Å². The summed E-state index contributed by atoms with van der Waals surface area (Å²) in [6, 6.07) is 0. The van der Waals surface area contributed by atoms with E-state index in [4.69, 9.17) is 0 Å². The van der Waals surface area contributed by atoms with Crippen LogP contribution in [0, 0.1) is 0 Å². The Hall–Kier alpha value is -1.96. The van der Waals surface area contributed by atoms with Crippen LogP contribution in [0.15, 0.2) is 11.2 Å². The molecule has 0 aliphatic carbocycles. The number of aliphatic imine (C=N–C) groups is 1. The molecule has 0 radical (unpaired) electrons. The Morgan fingerprint density at radius 1 is 1.35 bits per heavy atom. The van der Waals surface area contributed by atoms with Crippen LogP contribution in [0.4, 0.5) is 0 Å². The first-order valence-electron chi connectivity index (χ1n) is 8.16. The Morgan fingerprint density at radius 2 is 2.26 bits per heavy atom. The largest absolute Gasteiger partial charge is 0.357 e. The van der Waals surface area contributed by atoms with Crippen molar-refractivity contribution in [3.8, 4) is 0 Å². The van der Waals surface area contributed by atoms with Crippen molar-refractivity contribution in [3.05, 3.63) is 27.7 Å². The second kappa shape index (κ2) is 7.54. The topological polar surface area (TPSA) is 80.0 Å². The van der Waals surface area contributed by atoms with Crippen LogP contribution in [0.3, 0.4) is 0 Å². The highest BCUT2D eigenvalue weighted by Gasteiger charge is 2.16. The standard InChI is InChI=1S/C15H23N7S/c1-3-11-8-17-14(23-11)10-19-15(16-4-2)18-9-13-21-20-12-6-5-7-22(12)13/h8H,3-7,9-10H2,1-2H3,(H2,16,18,19). The summed E-state index contributed by atoms with van der Waals surface area (Å²) in [4.78, 5) is 10.4. The highest BCUT2D eigenvalue weighted by atomic mass is 32.1. The third kappa shape index (κ3) is 3.87. The van der Waals surface area contributed by atoms with Gasteiger partial charge in [0.2, 0.25) is 0 Å². The van der Waals surface area contributed by atoms with Crippen LogP contribution < -0.4 is 10.6 Å². The summed E-state index contributed by atoms with van der Waals surface area (Å²) in [5, 5.41) is 16.1. The number of hydrogen-bond acceptors (Lipinski definition) is 5. The van der Waals surface area contributed by atoms with Crippen molar-refractivity contribution in [1.82, 2.24) is 30.4 Å². The van der Waals surface area contributed by atoms with Gasteiger partial charge in [0.1, 0.15) is 17.4 Å². The molecule has 2 aromatic rings. The van der Waals surface area contributed by atoms with E-state index in [0.717, 1.165) is 55.0 Å². The van der Waals surface area contributed by atoms with E-state index in [9.17, 15) is 0 Å². The van der Waals surface area contributed by atoms with Gasteiger partial charge in [-0.25, -0.2) is 9.98 Å². The lowest BCUT2D eigenvalue weighted by molar-refractivity contribution is 0.684. The molecule has 7 nitrogen and oxygen atoms in total. The van der Waals surface area contributed by atoms with Gasteiger partial charge in [0.05, 0.1) is 6.54 Å². The Bertz CT molecular complexity index is 673. The molecule has 3 rings (SSSR count). The average Bonchev–Trinajstić information content (AvgIpc) is 3.27. The number of rotatable bonds is 6. The van der Waals surface area contributed by atoms with E-state index < -0.39 is 0 Å². The van der Waals surface area contributed by atoms with Crippen molar-refractivity contribution in [2.24, 2.45) is 4.99 Å². The van der Waals surface area contributed by atoms with Crippen molar-refractivity contribution >= 4 is 17.3 Å². The van der Waals surface area contributed by atoms with Crippen molar-refractivity contribution in [1.29, 1.82) is 0 Å². The van der Waals surface area contributed by atoms with Crippen LogP contribution in [0.5, 0.6) is 0 Å². The average molecular weight is 333 g/mol. The second-order valence-electron chi connectivity index (χ2n) is 5.41. The predicted octanol–water partition coefficient (Wildman–Crippen LogP) is 1.50. The summed E-state index contributed by atoms with van der Waals surface area (Å²) in [6.07, 6.45) is 5.16. The van der Waals surface area contributed by atoms with Crippen LogP contribution >= 0.6 is 11.3 Å². The molecular weight excluding hydrogens is 310 g/mol. The van der Waals surface area contributed by atoms with Crippen LogP contribution in [0.1, 0.15) is 41.8 Å². The van der Waals surface area contributed by atoms with E-state index in [1.807, 2.05) is 6.20 Å². The summed E-state index contributed by atoms with van der Waals surface area (Å²) in [7, 11) is 0. The van der Waals surface area contributed by atoms with Crippen LogP contribution in [0.2, 0.25) is 0 Å². The number of guanidine groups is 1. The summed E-state index contributed by atoms with van der Waals surface area (Å²) >= 11 is 1.74. The SMILES string of the molecule is CCNC(=NCc1nnc2n1CCC2)NCc1ncc(CC)s1. The van der Waals surface area contributed by atoms with Gasteiger partial charge in [0, 0.05) is 30.6 Å². The van der Waals surface area contributed by atoms with Crippen LogP contribution in [-0.4, -0.2) is 32.3 Å². The van der Waals surface area contributed by atoms with Gasteiger partial charge in [-0.05, 0) is 19.8 Å². The summed E-state index contributed by atoms with van der Waals surface area (Å²) in [5.74, 6) is 2.82. The first-order valence-corrected chi connectivity index (χ1v) is 8.98. The molecule has 0 saturated carbocycles. The van der Waals surface area contributed by atoms with E-state index in [-0.39, 0.29) is 0 Å². The Morgan fingerprint density at radius 3 is 3.04 bits per heavy atom. The number of nitrogens with zero attached hydrogens (tertiary/aromatic N) is 5. The van der Waals surface area contributed by atoms with Gasteiger partial charge in [-0.1, -0.05) is 6.92 Å². The smallest absolute Gasteiger partial charge is 0.192 e. The van der Waals surface area contributed by atoms with E-state index in [2.05, 4.69) is 49.2 Å². The van der Waals surface area contributed by atoms with Crippen molar-refractivity contribution in [2.75, 3.05) is 6.54 Å². The Kier molecular flexibility index (Phi) is 5.22. The molecule has 23 heavy (non-hydrogen) atoms. The zero-order valence-corrected chi connectivity index (χ0v) is 14.5. The minimum atomic E-state index is 0.542. The maximum atomic E-state index is 4.62. The number of nitrogens with one attached hydrogen (secondary N) is 2. The summed E-state index contributed by atoms with van der Waals surface area (Å²) < 4.78 is 2.18. The zero-order valence-electron chi connectivity index (χ0n) is 13.7. The molecule has 1 aliphatic rings. The maximum Gasteiger partial charge on any atom is 0.192 e. The molecule has 0 amide bonds. The maximum absolute atomic E-state index is 4.62. The quantitative estimate of drug-likeness (QED) is 0.618. The number of aromatic nitrogens is 4. The normalized spacial score (nSPS) is 14.1. The minimum Gasteiger partial charge on any atom is -0.357 e. The lowest BCUT2D eigenvalue weighted by Gasteiger charge is -2.10. The number of fused-ring (bicyclic) bond motifs is 1. The molecule has 1 aliphatic heterocycles. The fraction of sp³-hybridized carbons (Fsp3) is 0.600. The summed E-state index contributed by atoms with van der Waals surface area (Å²) in [5.41, 5.74) is 0. The third-order valence-electron chi connectivity index (χ3n) is 3.77. The third-order valence-corrected chi connectivity index (χ3v) is 4.91. The first kappa shape index (κ1) is 15.9. The van der Waals surface area contributed by atoms with Crippen molar-refractivity contribution in [3.63, 3.8) is 0 Å². The number of hydrogen-bond donors (Lipinski definition) is 2. The van der Waals surface area contributed by atoms with Gasteiger partial charge in [-0.3, -0.25) is 0 Å². The fourth-order valence-electron chi connectivity index (χ4n) is 2.57. The van der Waals surface area contributed by atoms with Crippen molar-refractivity contribution < 1.29 is 0 Å². The van der Waals surface area contributed by atoms with Gasteiger partial charge in [0.25, 0.3) is 0 Å². The van der Waals surface area contributed by atoms with E-state index in [1.165, 1.54) is 4.88 Å². The second-order valence-corrected chi connectivity index (χ2v) is 6.61. The highest BCUT2D eigenvalue weighted by Crippen LogP contribution is 2.15. The van der Waals surface area contributed by atoms with E-state index in [1.54, 1.807) is 11.3 Å². The molecule has 0 aromatic carbocycles. The molecule has 0 atom stereocenters. The molecule has 0 unspecified atom stereocenters. The lowest BCUT2D eigenvalue weighted by atomic mass is 10.4. The van der Waals surface area contributed by atoms with Crippen LogP contribution in [0.25, 0.3) is 0 Å². The van der Waals surface area contributed by atoms with Crippen molar-refractivity contribution in [2.45, 2.75) is 52.7 Å². The molecule has 3 heterocycles. The molecular formula is C15H23N7S. The van der Waals surface area contributed by atoms with Gasteiger partial charge in [0.15, 0.2) is 11.8 Å². The number of thiazole rings is 1. The zero-order chi connectivity index (χ0) is 16.1. The molecule has 0 fully saturated rings. The molecule has 0 saturated heterocycles. The molecule has 0 bridgehead atoms. The highest BCUT2D eigenvalue weighted by molar-refractivity contribution is 7.11. The van der Waals surface area contributed by atoms with E-state index >= 15 is 0 Å². The Labute approximate surface area is 140 Å². The van der Waals surface area contributed by atoms with Gasteiger partial charge in [-0.15, -0.1) is 21.5 Å².